The zero-order valence-electron chi connectivity index (χ0n) is 29.8. The van der Waals surface area contributed by atoms with Crippen LogP contribution in [0.2, 0.25) is 0 Å². The maximum absolute atomic E-state index is 6.65. The fraction of sp³-hybridized carbons (Fsp3) is 0. The normalized spacial score (nSPS) is 11.6. The summed E-state index contributed by atoms with van der Waals surface area (Å²) in [6.45, 7) is 0. The number of para-hydroxylation sites is 2. The molecule has 0 spiro atoms. The van der Waals surface area contributed by atoms with Gasteiger partial charge in [0.2, 0.25) is 0 Å². The van der Waals surface area contributed by atoms with Crippen LogP contribution in [0.15, 0.2) is 205 Å². The molecule has 0 atom stereocenters. The van der Waals surface area contributed by atoms with Crippen molar-refractivity contribution in [3.63, 3.8) is 0 Å². The number of fused-ring (bicyclic) bond motifs is 7. The molecule has 0 saturated carbocycles. The fourth-order valence-corrected chi connectivity index (χ4v) is 9.49. The van der Waals surface area contributed by atoms with Gasteiger partial charge in [0.15, 0.2) is 0 Å². The Morgan fingerprint density at radius 3 is 1.84 bits per heavy atom. The van der Waals surface area contributed by atoms with Crippen LogP contribution in [0, 0.1) is 0 Å². The second kappa shape index (κ2) is 12.9. The third-order valence-corrected chi connectivity index (χ3v) is 12.0. The van der Waals surface area contributed by atoms with Crippen LogP contribution in [0.4, 0.5) is 17.1 Å². The third kappa shape index (κ3) is 5.24. The van der Waals surface area contributed by atoms with Gasteiger partial charge in [0.1, 0.15) is 11.2 Å². The smallest absolute Gasteiger partial charge is 0.143 e. The van der Waals surface area contributed by atoms with Crippen molar-refractivity contribution in [3.8, 4) is 33.4 Å². The summed E-state index contributed by atoms with van der Waals surface area (Å²) in [6.07, 6.45) is 0. The molecule has 0 N–H and O–H groups in total. The minimum absolute atomic E-state index is 0.895. The number of rotatable bonds is 6. The number of anilines is 3. The van der Waals surface area contributed by atoms with Crippen LogP contribution in [-0.4, -0.2) is 0 Å². The molecule has 9 aromatic carbocycles. The molecule has 0 amide bonds. The highest BCUT2D eigenvalue weighted by Crippen LogP contribution is 2.49. The minimum atomic E-state index is 0.895. The Kier molecular flexibility index (Phi) is 7.39. The van der Waals surface area contributed by atoms with Gasteiger partial charge in [0, 0.05) is 47.6 Å². The molecule has 3 heteroatoms. The zero-order valence-corrected chi connectivity index (χ0v) is 30.6. The molecule has 2 heterocycles. The topological polar surface area (TPSA) is 16.4 Å². The van der Waals surface area contributed by atoms with E-state index in [1.54, 1.807) is 0 Å². The number of nitrogens with zero attached hydrogens (tertiary/aromatic N) is 1. The molecule has 11 rings (SSSR count). The van der Waals surface area contributed by atoms with Crippen LogP contribution in [0.1, 0.15) is 0 Å². The van der Waals surface area contributed by atoms with Crippen molar-refractivity contribution < 1.29 is 4.42 Å². The van der Waals surface area contributed by atoms with Gasteiger partial charge >= 0.3 is 0 Å². The van der Waals surface area contributed by atoms with Gasteiger partial charge in [-0.25, -0.2) is 0 Å². The average molecular weight is 720 g/mol. The molecule has 0 bridgehead atoms. The Morgan fingerprint density at radius 2 is 1.00 bits per heavy atom. The maximum Gasteiger partial charge on any atom is 0.143 e. The van der Waals surface area contributed by atoms with Crippen LogP contribution in [-0.2, 0) is 0 Å². The second-order valence-corrected chi connectivity index (χ2v) is 15.1. The summed E-state index contributed by atoms with van der Waals surface area (Å²) in [5.74, 6) is 0. The predicted molar refractivity (Wildman–Crippen MR) is 235 cm³/mol. The quantitative estimate of drug-likeness (QED) is 0.170. The van der Waals surface area contributed by atoms with Crippen molar-refractivity contribution in [2.75, 3.05) is 4.90 Å². The van der Waals surface area contributed by atoms with E-state index in [9.17, 15) is 0 Å². The van der Waals surface area contributed by atoms with Crippen molar-refractivity contribution in [2.24, 2.45) is 0 Å². The van der Waals surface area contributed by atoms with Crippen LogP contribution in [0.25, 0.3) is 86.3 Å². The number of hydrogen-bond acceptors (Lipinski definition) is 3. The van der Waals surface area contributed by atoms with E-state index in [2.05, 4.69) is 199 Å². The van der Waals surface area contributed by atoms with Gasteiger partial charge in [0.25, 0.3) is 0 Å². The van der Waals surface area contributed by atoms with E-state index in [0.29, 0.717) is 0 Å². The molecule has 0 aliphatic heterocycles. The van der Waals surface area contributed by atoms with Gasteiger partial charge in [-0.2, -0.15) is 0 Å². The first-order valence-electron chi connectivity index (χ1n) is 18.7. The van der Waals surface area contributed by atoms with Crippen LogP contribution >= 0.6 is 11.3 Å². The van der Waals surface area contributed by atoms with Crippen LogP contribution in [0.5, 0.6) is 0 Å². The van der Waals surface area contributed by atoms with Crippen LogP contribution < -0.4 is 4.90 Å². The molecule has 11 aromatic rings. The minimum Gasteiger partial charge on any atom is -0.455 e. The Hall–Kier alpha value is -6.94. The van der Waals surface area contributed by atoms with Gasteiger partial charge in [-0.1, -0.05) is 152 Å². The third-order valence-electron chi connectivity index (χ3n) is 10.8. The fourth-order valence-electron chi connectivity index (χ4n) is 8.37. The largest absolute Gasteiger partial charge is 0.455 e. The second-order valence-electron chi connectivity index (χ2n) is 14.0. The standard InChI is InChI=1S/C52H33NOS/c1-3-15-34(16-4-1)36-31-37(40-23-13-24-44-43-21-9-11-26-48(43)54-52(40)44)33-38(32-36)53(47-25-14-28-50-51(47)45-22-10-12-27-49(45)55-50)46-30-29-39(35-17-5-2-6-18-35)41-19-7-8-20-42(41)46/h1-33H. The molecule has 0 aliphatic carbocycles. The Morgan fingerprint density at radius 1 is 0.364 bits per heavy atom. The molecule has 0 unspecified atom stereocenters. The molecule has 2 nitrogen and oxygen atoms in total. The maximum atomic E-state index is 6.65. The highest BCUT2D eigenvalue weighted by molar-refractivity contribution is 7.26. The Balaban J connectivity index is 1.24. The molecule has 258 valence electrons. The van der Waals surface area contributed by atoms with Crippen molar-refractivity contribution in [3.05, 3.63) is 200 Å². The van der Waals surface area contributed by atoms with Crippen molar-refractivity contribution in [1.29, 1.82) is 0 Å². The van der Waals surface area contributed by atoms with Gasteiger partial charge in [-0.15, -0.1) is 11.3 Å². The molecule has 55 heavy (non-hydrogen) atoms. The van der Waals surface area contributed by atoms with Crippen molar-refractivity contribution >= 4 is 81.3 Å². The first-order valence-corrected chi connectivity index (χ1v) is 19.5. The number of benzene rings is 9. The summed E-state index contributed by atoms with van der Waals surface area (Å²) in [4.78, 5) is 2.49. The molecular weight excluding hydrogens is 687 g/mol. The van der Waals surface area contributed by atoms with Gasteiger partial charge in [-0.05, 0) is 81.7 Å². The highest BCUT2D eigenvalue weighted by atomic mass is 32.1. The SMILES string of the molecule is c1ccc(-c2cc(-c3cccc4c3oc3ccccc34)cc(N(c3ccc(-c4ccccc4)c4ccccc34)c3cccc4sc5ccccc5c34)c2)cc1. The van der Waals surface area contributed by atoms with Gasteiger partial charge in [0.05, 0.1) is 11.4 Å². The van der Waals surface area contributed by atoms with E-state index in [1.807, 2.05) is 17.4 Å². The lowest BCUT2D eigenvalue weighted by atomic mass is 9.94. The summed E-state index contributed by atoms with van der Waals surface area (Å²) in [6, 6.07) is 72.3. The highest BCUT2D eigenvalue weighted by Gasteiger charge is 2.23. The van der Waals surface area contributed by atoms with E-state index in [-0.39, 0.29) is 0 Å². The first-order chi connectivity index (χ1) is 27.3. The number of furan rings is 1. The van der Waals surface area contributed by atoms with Crippen molar-refractivity contribution in [1.82, 2.24) is 0 Å². The summed E-state index contributed by atoms with van der Waals surface area (Å²) >= 11 is 1.85. The average Bonchev–Trinajstić information content (AvgIpc) is 3.83. The van der Waals surface area contributed by atoms with E-state index in [4.69, 9.17) is 4.42 Å². The first kappa shape index (κ1) is 31.6. The Bertz CT molecular complexity index is 3210. The zero-order chi connectivity index (χ0) is 36.3. The molecule has 0 aliphatic rings. The number of hydrogen-bond donors (Lipinski definition) is 0. The van der Waals surface area contributed by atoms with E-state index in [0.717, 1.165) is 61.3 Å². The summed E-state index contributed by atoms with van der Waals surface area (Å²) in [5.41, 5.74) is 12.0. The summed E-state index contributed by atoms with van der Waals surface area (Å²) in [7, 11) is 0. The monoisotopic (exact) mass is 719 g/mol. The lowest BCUT2D eigenvalue weighted by Gasteiger charge is -2.29. The van der Waals surface area contributed by atoms with Crippen LogP contribution in [0.3, 0.4) is 0 Å². The van der Waals surface area contributed by atoms with E-state index in [1.165, 1.54) is 42.1 Å². The Labute approximate surface area is 322 Å². The predicted octanol–water partition coefficient (Wildman–Crippen LogP) is 15.6. The molecule has 0 saturated heterocycles. The van der Waals surface area contributed by atoms with E-state index < -0.39 is 0 Å². The summed E-state index contributed by atoms with van der Waals surface area (Å²) in [5, 5.41) is 7.16. The molecule has 0 fully saturated rings. The van der Waals surface area contributed by atoms with Gasteiger partial charge in [-0.3, -0.25) is 0 Å². The van der Waals surface area contributed by atoms with E-state index >= 15 is 0 Å². The molecule has 2 aromatic heterocycles. The number of thiophene rings is 1. The van der Waals surface area contributed by atoms with Crippen molar-refractivity contribution in [2.45, 2.75) is 0 Å². The van der Waals surface area contributed by atoms with Gasteiger partial charge < -0.3 is 9.32 Å². The molecular formula is C52H33NOS. The lowest BCUT2D eigenvalue weighted by Crippen LogP contribution is -2.11. The summed E-state index contributed by atoms with van der Waals surface area (Å²) < 4.78 is 9.20. The molecule has 0 radical (unpaired) electrons. The lowest BCUT2D eigenvalue weighted by molar-refractivity contribution is 0.670.